The molecule has 0 aromatic carbocycles. The first-order chi connectivity index (χ1) is 7.99. The Morgan fingerprint density at radius 1 is 1.47 bits per heavy atom. The Bertz CT molecular complexity index is 475. The van der Waals surface area contributed by atoms with Crippen LogP contribution in [0.15, 0.2) is 15.7 Å². The minimum absolute atomic E-state index is 0.00539. The number of nitrogens with one attached hydrogen (secondary N) is 1. The van der Waals surface area contributed by atoms with Gasteiger partial charge in [-0.25, -0.2) is 13.1 Å². The van der Waals surface area contributed by atoms with Crippen LogP contribution in [0, 0.1) is 5.92 Å². The van der Waals surface area contributed by atoms with Gasteiger partial charge in [-0.2, -0.15) is 0 Å². The summed E-state index contributed by atoms with van der Waals surface area (Å²) in [4.78, 5) is 0. The largest absolute Gasteiger partial charge is 0.398 e. The Kier molecular flexibility index (Phi) is 3.75. The van der Waals surface area contributed by atoms with Gasteiger partial charge in [0.05, 0.1) is 0 Å². The smallest absolute Gasteiger partial charge is 0.250 e. The first kappa shape index (κ1) is 12.9. The maximum Gasteiger partial charge on any atom is 0.250 e. The minimum atomic E-state index is -3.39. The van der Waals surface area contributed by atoms with Crippen molar-refractivity contribution in [1.29, 1.82) is 0 Å². The van der Waals surface area contributed by atoms with E-state index >= 15 is 0 Å². The van der Waals surface area contributed by atoms with Gasteiger partial charge in [-0.3, -0.25) is 0 Å². The molecule has 1 saturated carbocycles. The van der Waals surface area contributed by atoms with Crippen molar-refractivity contribution < 1.29 is 8.42 Å². The number of thiophene rings is 1. The van der Waals surface area contributed by atoms with E-state index in [0.29, 0.717) is 15.8 Å². The van der Waals surface area contributed by atoms with E-state index in [1.807, 2.05) is 6.92 Å². The summed E-state index contributed by atoms with van der Waals surface area (Å²) in [6.45, 7) is 1.95. The van der Waals surface area contributed by atoms with Gasteiger partial charge in [0, 0.05) is 17.1 Å². The lowest BCUT2D eigenvalue weighted by Gasteiger charge is -2.19. The van der Waals surface area contributed by atoms with Crippen LogP contribution in [0.25, 0.3) is 0 Å². The molecule has 1 aliphatic carbocycles. The van der Waals surface area contributed by atoms with Crippen LogP contribution in [0.3, 0.4) is 0 Å². The molecule has 0 saturated heterocycles. The monoisotopic (exact) mass is 274 g/mol. The molecule has 6 heteroatoms. The fourth-order valence-corrected chi connectivity index (χ4v) is 4.74. The highest BCUT2D eigenvalue weighted by atomic mass is 32.2. The Balaban J connectivity index is 2.06. The second-order valence-corrected chi connectivity index (χ2v) is 7.51. The van der Waals surface area contributed by atoms with E-state index in [0.717, 1.165) is 12.8 Å². The van der Waals surface area contributed by atoms with Crippen LogP contribution >= 0.6 is 11.3 Å². The van der Waals surface area contributed by atoms with Crippen molar-refractivity contribution >= 4 is 27.0 Å². The lowest BCUT2D eigenvalue weighted by atomic mass is 10.0. The van der Waals surface area contributed by atoms with Crippen molar-refractivity contribution in [1.82, 2.24) is 4.72 Å². The molecule has 3 N–H and O–H groups in total. The molecule has 96 valence electrons. The van der Waals surface area contributed by atoms with Crippen molar-refractivity contribution in [3.8, 4) is 0 Å². The first-order valence-corrected chi connectivity index (χ1v) is 8.21. The minimum Gasteiger partial charge on any atom is -0.398 e. The summed E-state index contributed by atoms with van der Waals surface area (Å²) in [6.07, 6.45) is 4.66. The maximum absolute atomic E-state index is 12.1. The molecule has 1 atom stereocenters. The van der Waals surface area contributed by atoms with Gasteiger partial charge in [0.1, 0.15) is 4.21 Å². The quantitative estimate of drug-likeness (QED) is 0.884. The normalized spacial score (nSPS) is 19.6. The van der Waals surface area contributed by atoms with Crippen molar-refractivity contribution in [2.24, 2.45) is 5.92 Å². The summed E-state index contributed by atoms with van der Waals surface area (Å²) >= 11 is 1.17. The lowest BCUT2D eigenvalue weighted by Crippen LogP contribution is -2.36. The lowest BCUT2D eigenvalue weighted by molar-refractivity contribution is 0.424. The van der Waals surface area contributed by atoms with Crippen molar-refractivity contribution in [2.45, 2.75) is 42.9 Å². The van der Waals surface area contributed by atoms with Gasteiger partial charge in [0.15, 0.2) is 0 Å². The van der Waals surface area contributed by atoms with E-state index < -0.39 is 10.0 Å². The predicted octanol–water partition coefficient (Wildman–Crippen LogP) is 2.19. The van der Waals surface area contributed by atoms with Crippen LogP contribution in [0.5, 0.6) is 0 Å². The van der Waals surface area contributed by atoms with Gasteiger partial charge < -0.3 is 5.73 Å². The molecule has 1 fully saturated rings. The molecular weight excluding hydrogens is 256 g/mol. The Labute approximate surface area is 106 Å². The number of hydrogen-bond acceptors (Lipinski definition) is 4. The molecule has 1 aromatic heterocycles. The number of anilines is 1. The first-order valence-electron chi connectivity index (χ1n) is 5.85. The number of nitrogens with two attached hydrogens (primary N) is 1. The predicted molar refractivity (Wildman–Crippen MR) is 70.5 cm³/mol. The molecule has 1 heterocycles. The Morgan fingerprint density at radius 2 is 2.12 bits per heavy atom. The Morgan fingerprint density at radius 3 is 2.65 bits per heavy atom. The third kappa shape index (κ3) is 3.00. The van der Waals surface area contributed by atoms with Crippen LogP contribution in [0.2, 0.25) is 0 Å². The van der Waals surface area contributed by atoms with E-state index in [4.69, 9.17) is 5.73 Å². The van der Waals surface area contributed by atoms with Gasteiger partial charge in [0.2, 0.25) is 10.0 Å². The average Bonchev–Trinajstić information content (AvgIpc) is 2.86. The van der Waals surface area contributed by atoms with Gasteiger partial charge in [-0.15, -0.1) is 11.3 Å². The number of sulfonamides is 1. The van der Waals surface area contributed by atoms with E-state index in [2.05, 4.69) is 4.72 Å². The van der Waals surface area contributed by atoms with Crippen LogP contribution in [0.1, 0.15) is 32.6 Å². The van der Waals surface area contributed by atoms with Crippen molar-refractivity contribution in [2.75, 3.05) is 5.73 Å². The van der Waals surface area contributed by atoms with Crippen LogP contribution in [0.4, 0.5) is 5.69 Å². The molecule has 2 rings (SSSR count). The Hall–Kier alpha value is -0.590. The van der Waals surface area contributed by atoms with Gasteiger partial charge in [0.25, 0.3) is 0 Å². The topological polar surface area (TPSA) is 72.2 Å². The number of nitrogen functional groups attached to an aromatic ring is 1. The fourth-order valence-electron chi connectivity index (χ4n) is 2.33. The summed E-state index contributed by atoms with van der Waals surface area (Å²) in [6, 6.07) is 1.51. The SMILES string of the molecule is CC(NS(=O)(=O)c1cc(N)cs1)C1CCCC1. The zero-order chi connectivity index (χ0) is 12.5. The highest BCUT2D eigenvalue weighted by Crippen LogP contribution is 2.29. The summed E-state index contributed by atoms with van der Waals surface area (Å²) in [5.74, 6) is 0.474. The van der Waals surface area contributed by atoms with E-state index in [1.165, 1.54) is 30.2 Å². The molecule has 4 nitrogen and oxygen atoms in total. The highest BCUT2D eigenvalue weighted by molar-refractivity contribution is 7.91. The molecule has 1 aliphatic rings. The second-order valence-electron chi connectivity index (χ2n) is 4.65. The third-order valence-corrected chi connectivity index (χ3v) is 6.33. The van der Waals surface area contributed by atoms with Crippen LogP contribution in [-0.4, -0.2) is 14.5 Å². The van der Waals surface area contributed by atoms with Gasteiger partial charge in [-0.1, -0.05) is 12.8 Å². The zero-order valence-electron chi connectivity index (χ0n) is 9.85. The van der Waals surface area contributed by atoms with Gasteiger partial charge in [-0.05, 0) is 31.7 Å². The summed E-state index contributed by atoms with van der Waals surface area (Å²) in [5.41, 5.74) is 6.05. The molecule has 0 bridgehead atoms. The van der Waals surface area contributed by atoms with E-state index in [-0.39, 0.29) is 6.04 Å². The highest BCUT2D eigenvalue weighted by Gasteiger charge is 2.26. The van der Waals surface area contributed by atoms with Gasteiger partial charge >= 0.3 is 0 Å². The number of hydrogen-bond donors (Lipinski definition) is 2. The summed E-state index contributed by atoms with van der Waals surface area (Å²) < 4.78 is 27.2. The molecular formula is C11H18N2O2S2. The summed E-state index contributed by atoms with van der Waals surface area (Å²) in [7, 11) is -3.39. The van der Waals surface area contributed by atoms with Crippen LogP contribution in [-0.2, 0) is 10.0 Å². The summed E-state index contributed by atoms with van der Waals surface area (Å²) in [5, 5.41) is 1.65. The molecule has 0 amide bonds. The zero-order valence-corrected chi connectivity index (χ0v) is 11.5. The second kappa shape index (κ2) is 4.96. The molecule has 1 unspecified atom stereocenters. The number of rotatable bonds is 4. The van der Waals surface area contributed by atoms with Crippen molar-refractivity contribution in [3.63, 3.8) is 0 Å². The van der Waals surface area contributed by atoms with E-state index in [9.17, 15) is 8.42 Å². The van der Waals surface area contributed by atoms with Crippen molar-refractivity contribution in [3.05, 3.63) is 11.4 Å². The van der Waals surface area contributed by atoms with E-state index in [1.54, 1.807) is 5.38 Å². The third-order valence-electron chi connectivity index (χ3n) is 3.31. The molecule has 0 aliphatic heterocycles. The molecule has 1 aromatic rings. The molecule has 0 radical (unpaired) electrons. The fraction of sp³-hybridized carbons (Fsp3) is 0.636. The van der Waals surface area contributed by atoms with Crippen LogP contribution < -0.4 is 10.5 Å². The standard InChI is InChI=1S/C11H18N2O2S2/c1-8(9-4-2-3-5-9)13-17(14,15)11-6-10(12)7-16-11/h6-9,13H,2-5,12H2,1H3. The molecule has 0 spiro atoms. The molecule has 17 heavy (non-hydrogen) atoms. The maximum atomic E-state index is 12.1. The average molecular weight is 274 g/mol.